The molecular formula is C17H18ClNO2. The Morgan fingerprint density at radius 1 is 1.29 bits per heavy atom. The fourth-order valence-corrected chi connectivity index (χ4v) is 3.36. The Kier molecular flexibility index (Phi) is 3.85. The van der Waals surface area contributed by atoms with Crippen LogP contribution in [-0.4, -0.2) is 16.1 Å². The van der Waals surface area contributed by atoms with Crippen molar-refractivity contribution in [1.82, 2.24) is 4.98 Å². The van der Waals surface area contributed by atoms with Crippen LogP contribution in [0.5, 0.6) is 0 Å². The summed E-state index contributed by atoms with van der Waals surface area (Å²) in [6.45, 7) is 1.90. The summed E-state index contributed by atoms with van der Waals surface area (Å²) in [5, 5.41) is 10.8. The Labute approximate surface area is 129 Å². The van der Waals surface area contributed by atoms with E-state index in [0.717, 1.165) is 29.6 Å². The first kappa shape index (κ1) is 14.3. The second-order valence-electron chi connectivity index (χ2n) is 5.80. The third-order valence-electron chi connectivity index (χ3n) is 4.44. The van der Waals surface area contributed by atoms with Crippen molar-refractivity contribution in [2.24, 2.45) is 0 Å². The summed E-state index contributed by atoms with van der Waals surface area (Å²) < 4.78 is 0. The highest BCUT2D eigenvalue weighted by Crippen LogP contribution is 2.35. The normalized spacial score (nSPS) is 16.3. The maximum atomic E-state index is 11.6. The Balaban J connectivity index is 2.22. The standard InChI is InChI=1S/C17H18ClNO2/c1-10-14(18)8-7-12-13(17(20)21)9-15(19-16(10)12)11-5-3-2-4-6-11/h7-9,11H,2-6H2,1H3,(H,20,21). The van der Waals surface area contributed by atoms with Crippen molar-refractivity contribution in [3.63, 3.8) is 0 Å². The third kappa shape index (κ3) is 2.62. The Hall–Kier alpha value is -1.61. The van der Waals surface area contributed by atoms with E-state index in [2.05, 4.69) is 0 Å². The van der Waals surface area contributed by atoms with Crippen molar-refractivity contribution in [1.29, 1.82) is 0 Å². The molecule has 1 aromatic carbocycles. The van der Waals surface area contributed by atoms with E-state index in [-0.39, 0.29) is 0 Å². The molecule has 0 spiro atoms. The number of rotatable bonds is 2. The minimum Gasteiger partial charge on any atom is -0.478 e. The van der Waals surface area contributed by atoms with Crippen LogP contribution < -0.4 is 0 Å². The molecule has 0 unspecified atom stereocenters. The van der Waals surface area contributed by atoms with Gasteiger partial charge in [0.1, 0.15) is 0 Å². The van der Waals surface area contributed by atoms with Crippen LogP contribution >= 0.6 is 11.6 Å². The van der Waals surface area contributed by atoms with E-state index in [9.17, 15) is 9.90 Å². The molecule has 3 rings (SSSR count). The number of halogens is 1. The number of aryl methyl sites for hydroxylation is 1. The molecule has 1 aromatic heterocycles. The van der Waals surface area contributed by atoms with Crippen LogP contribution in [0.3, 0.4) is 0 Å². The molecule has 1 aliphatic rings. The second-order valence-corrected chi connectivity index (χ2v) is 6.21. The first-order valence-electron chi connectivity index (χ1n) is 7.41. The molecule has 0 atom stereocenters. The van der Waals surface area contributed by atoms with Gasteiger partial charge < -0.3 is 5.11 Å². The summed E-state index contributed by atoms with van der Waals surface area (Å²) >= 11 is 6.17. The van der Waals surface area contributed by atoms with Gasteiger partial charge in [-0.25, -0.2) is 4.79 Å². The fraction of sp³-hybridized carbons (Fsp3) is 0.412. The molecule has 0 bridgehead atoms. The molecule has 1 heterocycles. The van der Waals surface area contributed by atoms with E-state index in [0.29, 0.717) is 21.9 Å². The van der Waals surface area contributed by atoms with Crippen molar-refractivity contribution in [3.8, 4) is 0 Å². The average Bonchev–Trinajstić information content (AvgIpc) is 2.51. The van der Waals surface area contributed by atoms with Crippen LogP contribution in [0.1, 0.15) is 59.6 Å². The summed E-state index contributed by atoms with van der Waals surface area (Å²) in [4.78, 5) is 16.3. The summed E-state index contributed by atoms with van der Waals surface area (Å²) in [5.74, 6) is -0.527. The van der Waals surface area contributed by atoms with E-state index < -0.39 is 5.97 Å². The quantitative estimate of drug-likeness (QED) is 0.854. The number of nitrogens with zero attached hydrogens (tertiary/aromatic N) is 1. The number of fused-ring (bicyclic) bond motifs is 1. The number of carbonyl (C=O) groups is 1. The number of carboxylic acid groups (broad SMARTS) is 1. The van der Waals surface area contributed by atoms with Gasteiger partial charge in [-0.05, 0) is 37.5 Å². The van der Waals surface area contributed by atoms with Gasteiger partial charge in [-0.15, -0.1) is 0 Å². The van der Waals surface area contributed by atoms with Gasteiger partial charge in [-0.1, -0.05) is 36.9 Å². The van der Waals surface area contributed by atoms with Gasteiger partial charge in [-0.2, -0.15) is 0 Å². The maximum Gasteiger partial charge on any atom is 0.336 e. The van der Waals surface area contributed by atoms with Gasteiger partial charge in [0.2, 0.25) is 0 Å². The first-order chi connectivity index (χ1) is 10.1. The van der Waals surface area contributed by atoms with Gasteiger partial charge in [-0.3, -0.25) is 4.98 Å². The largest absolute Gasteiger partial charge is 0.478 e. The first-order valence-corrected chi connectivity index (χ1v) is 7.79. The minimum absolute atomic E-state index is 0.334. The van der Waals surface area contributed by atoms with Gasteiger partial charge in [0.15, 0.2) is 0 Å². The topological polar surface area (TPSA) is 50.2 Å². The lowest BCUT2D eigenvalue weighted by molar-refractivity contribution is 0.0699. The zero-order chi connectivity index (χ0) is 15.0. The number of hydrogen-bond donors (Lipinski definition) is 1. The minimum atomic E-state index is -0.902. The lowest BCUT2D eigenvalue weighted by Crippen LogP contribution is -2.09. The van der Waals surface area contributed by atoms with E-state index in [1.54, 1.807) is 18.2 Å². The molecule has 2 aromatic rings. The predicted octanol–water partition coefficient (Wildman–Crippen LogP) is 4.94. The van der Waals surface area contributed by atoms with Crippen molar-refractivity contribution in [3.05, 3.63) is 40.0 Å². The van der Waals surface area contributed by atoms with Gasteiger partial charge in [0.25, 0.3) is 0 Å². The summed E-state index contributed by atoms with van der Waals surface area (Å²) in [5.41, 5.74) is 2.82. The number of aromatic carboxylic acids is 1. The number of benzene rings is 1. The van der Waals surface area contributed by atoms with Crippen molar-refractivity contribution >= 4 is 28.5 Å². The zero-order valence-electron chi connectivity index (χ0n) is 12.0. The fourth-order valence-electron chi connectivity index (χ4n) is 3.21. The zero-order valence-corrected chi connectivity index (χ0v) is 12.8. The molecule has 21 heavy (non-hydrogen) atoms. The highest BCUT2D eigenvalue weighted by molar-refractivity contribution is 6.32. The SMILES string of the molecule is Cc1c(Cl)ccc2c(C(=O)O)cc(C3CCCCC3)nc12. The van der Waals surface area contributed by atoms with Gasteiger partial charge >= 0.3 is 5.97 Å². The Morgan fingerprint density at radius 2 is 2.00 bits per heavy atom. The van der Waals surface area contributed by atoms with E-state index in [4.69, 9.17) is 16.6 Å². The average molecular weight is 304 g/mol. The molecule has 3 nitrogen and oxygen atoms in total. The van der Waals surface area contributed by atoms with E-state index in [1.165, 1.54) is 19.3 Å². The molecule has 110 valence electrons. The molecular weight excluding hydrogens is 286 g/mol. The van der Waals surface area contributed by atoms with Crippen molar-refractivity contribution in [2.45, 2.75) is 44.9 Å². The molecule has 0 saturated heterocycles. The Morgan fingerprint density at radius 3 is 2.67 bits per heavy atom. The number of aromatic nitrogens is 1. The van der Waals surface area contributed by atoms with Crippen molar-refractivity contribution in [2.75, 3.05) is 0 Å². The van der Waals surface area contributed by atoms with Crippen LogP contribution in [0.2, 0.25) is 5.02 Å². The number of pyridine rings is 1. The summed E-state index contributed by atoms with van der Waals surface area (Å²) in [7, 11) is 0. The van der Waals surface area contributed by atoms with Crippen molar-refractivity contribution < 1.29 is 9.90 Å². The summed E-state index contributed by atoms with van der Waals surface area (Å²) in [6.07, 6.45) is 5.84. The predicted molar refractivity (Wildman–Crippen MR) is 84.3 cm³/mol. The highest BCUT2D eigenvalue weighted by atomic mass is 35.5. The molecule has 1 saturated carbocycles. The molecule has 4 heteroatoms. The maximum absolute atomic E-state index is 11.6. The molecule has 0 aliphatic heterocycles. The van der Waals surface area contributed by atoms with Crippen LogP contribution in [0.4, 0.5) is 0 Å². The molecule has 1 N–H and O–H groups in total. The lowest BCUT2D eigenvalue weighted by atomic mass is 9.86. The van der Waals surface area contributed by atoms with Gasteiger partial charge in [0, 0.05) is 22.0 Å². The molecule has 1 fully saturated rings. The monoisotopic (exact) mass is 303 g/mol. The van der Waals surface area contributed by atoms with Crippen LogP contribution in [0.15, 0.2) is 18.2 Å². The van der Waals surface area contributed by atoms with E-state index in [1.807, 2.05) is 6.92 Å². The number of carboxylic acids is 1. The molecule has 0 amide bonds. The third-order valence-corrected chi connectivity index (χ3v) is 4.85. The Bertz CT molecular complexity index is 705. The lowest BCUT2D eigenvalue weighted by Gasteiger charge is -2.22. The second kappa shape index (κ2) is 5.64. The van der Waals surface area contributed by atoms with Gasteiger partial charge in [0.05, 0.1) is 11.1 Å². The van der Waals surface area contributed by atoms with Crippen LogP contribution in [0, 0.1) is 6.92 Å². The van der Waals surface area contributed by atoms with E-state index >= 15 is 0 Å². The smallest absolute Gasteiger partial charge is 0.336 e. The molecule has 0 radical (unpaired) electrons. The van der Waals surface area contributed by atoms with Crippen LogP contribution in [-0.2, 0) is 0 Å². The number of hydrogen-bond acceptors (Lipinski definition) is 2. The molecule has 1 aliphatic carbocycles. The summed E-state index contributed by atoms with van der Waals surface area (Å²) in [6, 6.07) is 5.26. The van der Waals surface area contributed by atoms with Crippen LogP contribution in [0.25, 0.3) is 10.9 Å². The highest BCUT2D eigenvalue weighted by Gasteiger charge is 2.21.